The molecule has 0 fully saturated rings. The molecule has 1 aliphatic rings. The molecule has 2 rings (SSSR count). The van der Waals surface area contributed by atoms with Gasteiger partial charge in [0.2, 0.25) is 5.91 Å². The van der Waals surface area contributed by atoms with E-state index in [0.717, 1.165) is 31.0 Å². The molecule has 0 aliphatic carbocycles. The zero-order chi connectivity index (χ0) is 12.8. The minimum absolute atomic E-state index is 0.0897. The van der Waals surface area contributed by atoms with Crippen molar-refractivity contribution in [3.05, 3.63) is 11.6 Å². The van der Waals surface area contributed by atoms with Crippen molar-refractivity contribution < 1.29 is 9.53 Å². The number of ether oxygens (including phenoxy) is 1. The monoisotopic (exact) mass is 252 g/mol. The van der Waals surface area contributed by atoms with Gasteiger partial charge < -0.3 is 14.6 Å². The summed E-state index contributed by atoms with van der Waals surface area (Å²) in [5, 5.41) is 11.2. The Morgan fingerprint density at radius 1 is 1.39 bits per heavy atom. The second-order valence-corrected chi connectivity index (χ2v) is 4.53. The second-order valence-electron chi connectivity index (χ2n) is 4.53. The van der Waals surface area contributed by atoms with Crippen LogP contribution < -0.4 is 5.32 Å². The highest BCUT2D eigenvalue weighted by Gasteiger charge is 2.14. The van der Waals surface area contributed by atoms with Gasteiger partial charge >= 0.3 is 0 Å². The second kappa shape index (κ2) is 6.49. The number of nitrogens with zero attached hydrogens (tertiary/aromatic N) is 3. The van der Waals surface area contributed by atoms with Crippen molar-refractivity contribution in [3.63, 3.8) is 0 Å². The maximum Gasteiger partial charge on any atom is 0.245 e. The van der Waals surface area contributed by atoms with E-state index in [2.05, 4.69) is 20.1 Å². The summed E-state index contributed by atoms with van der Waals surface area (Å²) < 4.78 is 6.96. The molecule has 0 radical (unpaired) electrons. The summed E-state index contributed by atoms with van der Waals surface area (Å²) in [5.41, 5.74) is 0. The van der Waals surface area contributed by atoms with Crippen molar-refractivity contribution in [2.45, 2.75) is 38.6 Å². The maximum atomic E-state index is 11.2. The molecule has 6 heteroatoms. The molecule has 1 aliphatic heterocycles. The molecule has 6 nitrogen and oxygen atoms in total. The first-order valence-corrected chi connectivity index (χ1v) is 6.48. The number of rotatable bonds is 5. The van der Waals surface area contributed by atoms with Crippen LogP contribution in [0.3, 0.4) is 0 Å². The number of methoxy groups -OCH3 is 1. The van der Waals surface area contributed by atoms with Gasteiger partial charge in [0.05, 0.1) is 0 Å². The van der Waals surface area contributed by atoms with Crippen LogP contribution in [0.15, 0.2) is 0 Å². The molecule has 2 heterocycles. The number of hydrogen-bond acceptors (Lipinski definition) is 4. The van der Waals surface area contributed by atoms with Crippen LogP contribution in [-0.4, -0.2) is 40.9 Å². The van der Waals surface area contributed by atoms with Crippen LogP contribution in [0.1, 0.15) is 30.9 Å². The molecular formula is C12H20N4O2. The molecule has 100 valence electrons. The van der Waals surface area contributed by atoms with Gasteiger partial charge in [-0.2, -0.15) is 0 Å². The Hall–Kier alpha value is -1.43. The normalized spacial score (nSPS) is 14.9. The van der Waals surface area contributed by atoms with Gasteiger partial charge in [-0.15, -0.1) is 10.2 Å². The van der Waals surface area contributed by atoms with Gasteiger partial charge in [-0.25, -0.2) is 0 Å². The molecular weight excluding hydrogens is 232 g/mol. The van der Waals surface area contributed by atoms with Crippen LogP contribution in [0.5, 0.6) is 0 Å². The molecule has 1 amide bonds. The largest absolute Gasteiger partial charge is 0.375 e. The van der Waals surface area contributed by atoms with E-state index in [-0.39, 0.29) is 12.5 Å². The van der Waals surface area contributed by atoms with E-state index in [9.17, 15) is 4.79 Å². The van der Waals surface area contributed by atoms with E-state index in [1.807, 2.05) is 0 Å². The van der Waals surface area contributed by atoms with Gasteiger partial charge in [0.25, 0.3) is 0 Å². The quantitative estimate of drug-likeness (QED) is 0.819. The number of fused-ring (bicyclic) bond motifs is 1. The Kier molecular flexibility index (Phi) is 4.69. The molecule has 0 spiro atoms. The SMILES string of the molecule is COCC(=O)NCCc1nnc2n1CCCCC2. The summed E-state index contributed by atoms with van der Waals surface area (Å²) in [6, 6.07) is 0. The Labute approximate surface area is 107 Å². The summed E-state index contributed by atoms with van der Waals surface area (Å²) in [6.45, 7) is 1.70. The van der Waals surface area contributed by atoms with Gasteiger partial charge in [0.15, 0.2) is 0 Å². The predicted molar refractivity (Wildman–Crippen MR) is 66.2 cm³/mol. The third-order valence-corrected chi connectivity index (χ3v) is 3.13. The van der Waals surface area contributed by atoms with Crippen molar-refractivity contribution in [2.24, 2.45) is 0 Å². The average Bonchev–Trinajstić information content (AvgIpc) is 2.60. The minimum atomic E-state index is -0.0897. The summed E-state index contributed by atoms with van der Waals surface area (Å²) in [4.78, 5) is 11.2. The van der Waals surface area contributed by atoms with Crippen LogP contribution in [-0.2, 0) is 28.9 Å². The first-order chi connectivity index (χ1) is 8.81. The zero-order valence-electron chi connectivity index (χ0n) is 10.8. The number of amides is 1. The molecule has 18 heavy (non-hydrogen) atoms. The third-order valence-electron chi connectivity index (χ3n) is 3.13. The van der Waals surface area contributed by atoms with Crippen molar-refractivity contribution in [1.82, 2.24) is 20.1 Å². The number of carbonyl (C=O) groups excluding carboxylic acids is 1. The first-order valence-electron chi connectivity index (χ1n) is 6.48. The zero-order valence-corrected chi connectivity index (χ0v) is 10.8. The molecule has 0 aromatic carbocycles. The van der Waals surface area contributed by atoms with Crippen LogP contribution in [0, 0.1) is 0 Å². The van der Waals surface area contributed by atoms with E-state index < -0.39 is 0 Å². The fourth-order valence-electron chi connectivity index (χ4n) is 2.23. The van der Waals surface area contributed by atoms with Crippen molar-refractivity contribution >= 4 is 5.91 Å². The lowest BCUT2D eigenvalue weighted by atomic mass is 10.2. The van der Waals surface area contributed by atoms with E-state index in [1.54, 1.807) is 0 Å². The molecule has 0 unspecified atom stereocenters. The van der Waals surface area contributed by atoms with E-state index in [1.165, 1.54) is 26.4 Å². The van der Waals surface area contributed by atoms with Gasteiger partial charge in [-0.3, -0.25) is 4.79 Å². The third kappa shape index (κ3) is 3.29. The molecule has 0 bridgehead atoms. The molecule has 0 atom stereocenters. The van der Waals surface area contributed by atoms with E-state index in [0.29, 0.717) is 6.54 Å². The van der Waals surface area contributed by atoms with Crippen molar-refractivity contribution in [2.75, 3.05) is 20.3 Å². The van der Waals surface area contributed by atoms with Crippen molar-refractivity contribution in [1.29, 1.82) is 0 Å². The summed E-state index contributed by atoms with van der Waals surface area (Å²) in [7, 11) is 1.51. The fourth-order valence-corrected chi connectivity index (χ4v) is 2.23. The molecule has 1 aromatic heterocycles. The highest BCUT2D eigenvalue weighted by Crippen LogP contribution is 2.14. The minimum Gasteiger partial charge on any atom is -0.375 e. The summed E-state index contributed by atoms with van der Waals surface area (Å²) in [6.07, 6.45) is 5.38. The maximum absolute atomic E-state index is 11.2. The van der Waals surface area contributed by atoms with Gasteiger partial charge in [0.1, 0.15) is 18.3 Å². The molecule has 1 aromatic rings. The number of hydrogen-bond donors (Lipinski definition) is 1. The highest BCUT2D eigenvalue weighted by atomic mass is 16.5. The van der Waals surface area contributed by atoms with Gasteiger partial charge in [0, 0.05) is 33.0 Å². The molecule has 0 saturated carbocycles. The Balaban J connectivity index is 1.86. The predicted octanol–water partition coefficient (Wildman–Crippen LogP) is 0.310. The smallest absolute Gasteiger partial charge is 0.245 e. The van der Waals surface area contributed by atoms with E-state index in [4.69, 9.17) is 4.74 Å². The Bertz CT molecular complexity index is 403. The standard InChI is InChI=1S/C12H20N4O2/c1-18-9-12(17)13-7-6-11-15-14-10-5-3-2-4-8-16(10)11/h2-9H2,1H3,(H,13,17). The van der Waals surface area contributed by atoms with Gasteiger partial charge in [-0.05, 0) is 12.8 Å². The molecule has 1 N–H and O–H groups in total. The lowest BCUT2D eigenvalue weighted by molar-refractivity contribution is -0.124. The number of aromatic nitrogens is 3. The number of carbonyl (C=O) groups is 1. The topological polar surface area (TPSA) is 69.0 Å². The highest BCUT2D eigenvalue weighted by molar-refractivity contribution is 5.77. The number of nitrogens with one attached hydrogen (secondary N) is 1. The lowest BCUT2D eigenvalue weighted by Gasteiger charge is -2.07. The van der Waals surface area contributed by atoms with Crippen LogP contribution in [0.25, 0.3) is 0 Å². The van der Waals surface area contributed by atoms with Crippen molar-refractivity contribution in [3.8, 4) is 0 Å². The summed E-state index contributed by atoms with van der Waals surface area (Å²) >= 11 is 0. The summed E-state index contributed by atoms with van der Waals surface area (Å²) in [5.74, 6) is 1.98. The Morgan fingerprint density at radius 2 is 2.28 bits per heavy atom. The fraction of sp³-hybridized carbons (Fsp3) is 0.750. The average molecular weight is 252 g/mol. The Morgan fingerprint density at radius 3 is 3.11 bits per heavy atom. The number of aryl methyl sites for hydroxylation is 1. The van der Waals surface area contributed by atoms with E-state index >= 15 is 0 Å². The van der Waals surface area contributed by atoms with Crippen LogP contribution in [0.4, 0.5) is 0 Å². The van der Waals surface area contributed by atoms with Crippen LogP contribution in [0.2, 0.25) is 0 Å². The van der Waals surface area contributed by atoms with Crippen LogP contribution >= 0.6 is 0 Å². The first kappa shape index (κ1) is 13.0. The lowest BCUT2D eigenvalue weighted by Crippen LogP contribution is -2.29. The van der Waals surface area contributed by atoms with Gasteiger partial charge in [-0.1, -0.05) is 6.42 Å². The molecule has 0 saturated heterocycles.